The number of aromatic nitrogens is 1. The van der Waals surface area contributed by atoms with Crippen LogP contribution in [0.1, 0.15) is 32.0 Å². The van der Waals surface area contributed by atoms with Crippen LogP contribution in [0.25, 0.3) is 0 Å². The number of aryl methyl sites for hydroxylation is 1. The molecule has 0 aromatic carbocycles. The van der Waals surface area contributed by atoms with Crippen molar-refractivity contribution in [2.45, 2.75) is 40.3 Å². The summed E-state index contributed by atoms with van der Waals surface area (Å²) >= 11 is 0. The summed E-state index contributed by atoms with van der Waals surface area (Å²) in [5, 5.41) is 3.46. The summed E-state index contributed by atoms with van der Waals surface area (Å²) in [4.78, 5) is 6.76. The third kappa shape index (κ3) is 5.17. The van der Waals surface area contributed by atoms with E-state index in [2.05, 4.69) is 42.0 Å². The van der Waals surface area contributed by atoms with E-state index in [9.17, 15) is 0 Å². The summed E-state index contributed by atoms with van der Waals surface area (Å²) in [7, 11) is 1.74. The number of hydrogen-bond acceptors (Lipinski definition) is 4. The summed E-state index contributed by atoms with van der Waals surface area (Å²) in [5.74, 6) is 0. The van der Waals surface area contributed by atoms with E-state index in [-0.39, 0.29) is 0 Å². The van der Waals surface area contributed by atoms with Crippen molar-refractivity contribution >= 4 is 5.69 Å². The molecule has 4 nitrogen and oxygen atoms in total. The van der Waals surface area contributed by atoms with Crippen LogP contribution in [0.15, 0.2) is 12.3 Å². The van der Waals surface area contributed by atoms with E-state index in [1.165, 1.54) is 11.3 Å². The lowest BCUT2D eigenvalue weighted by molar-refractivity contribution is 0.205. The van der Waals surface area contributed by atoms with Crippen molar-refractivity contribution < 1.29 is 4.74 Å². The van der Waals surface area contributed by atoms with Gasteiger partial charge in [0.2, 0.25) is 0 Å². The Hall–Kier alpha value is -1.13. The Labute approximate surface area is 117 Å². The van der Waals surface area contributed by atoms with Gasteiger partial charge in [-0.05, 0) is 19.9 Å². The summed E-state index contributed by atoms with van der Waals surface area (Å²) in [6.07, 6.45) is 1.98. The molecule has 0 bridgehead atoms. The van der Waals surface area contributed by atoms with Gasteiger partial charge in [-0.3, -0.25) is 4.98 Å². The summed E-state index contributed by atoms with van der Waals surface area (Å²) in [5.41, 5.74) is 3.57. The number of rotatable bonds is 8. The number of methoxy groups -OCH3 is 1. The van der Waals surface area contributed by atoms with Crippen LogP contribution < -0.4 is 10.2 Å². The van der Waals surface area contributed by atoms with Gasteiger partial charge in [-0.25, -0.2) is 0 Å². The summed E-state index contributed by atoms with van der Waals surface area (Å²) < 4.78 is 5.19. The molecular formula is C15H27N3O. The van der Waals surface area contributed by atoms with E-state index in [0.29, 0.717) is 6.04 Å². The first-order chi connectivity index (χ1) is 9.08. The van der Waals surface area contributed by atoms with E-state index in [1.54, 1.807) is 7.11 Å². The Morgan fingerprint density at radius 2 is 2.16 bits per heavy atom. The average molecular weight is 265 g/mol. The van der Waals surface area contributed by atoms with Gasteiger partial charge < -0.3 is 15.0 Å². The fourth-order valence-corrected chi connectivity index (χ4v) is 1.97. The van der Waals surface area contributed by atoms with Crippen molar-refractivity contribution in [3.63, 3.8) is 0 Å². The molecule has 4 heteroatoms. The molecule has 0 amide bonds. The van der Waals surface area contributed by atoms with Gasteiger partial charge in [0.1, 0.15) is 0 Å². The lowest BCUT2D eigenvalue weighted by atomic mass is 10.1. The third-order valence-electron chi connectivity index (χ3n) is 3.09. The minimum atomic E-state index is 0.475. The number of ether oxygens (including phenoxy) is 1. The number of nitrogens with zero attached hydrogens (tertiary/aromatic N) is 2. The van der Waals surface area contributed by atoms with Crippen LogP contribution in [0.5, 0.6) is 0 Å². The van der Waals surface area contributed by atoms with Gasteiger partial charge >= 0.3 is 0 Å². The molecule has 19 heavy (non-hydrogen) atoms. The molecular weight excluding hydrogens is 238 g/mol. The van der Waals surface area contributed by atoms with Crippen molar-refractivity contribution in [1.29, 1.82) is 0 Å². The predicted octanol–water partition coefficient (Wildman–Crippen LogP) is 2.36. The number of likely N-dealkylation sites (N-methyl/N-ethyl adjacent to an activating group) is 1. The highest BCUT2D eigenvalue weighted by Crippen LogP contribution is 2.20. The fraction of sp³-hybridized carbons (Fsp3) is 0.667. The molecule has 1 rings (SSSR count). The standard InChI is InChI=1S/C15H27N3O/c1-6-18(7-8-19-5)15-9-13(4)17-11-14(15)10-16-12(2)3/h9,11-12,16H,6-8,10H2,1-5H3. The van der Waals surface area contributed by atoms with E-state index < -0.39 is 0 Å². The van der Waals surface area contributed by atoms with Gasteiger partial charge in [-0.1, -0.05) is 13.8 Å². The Morgan fingerprint density at radius 1 is 1.42 bits per heavy atom. The van der Waals surface area contributed by atoms with Crippen molar-refractivity contribution in [3.05, 3.63) is 23.5 Å². The minimum absolute atomic E-state index is 0.475. The zero-order chi connectivity index (χ0) is 14.3. The van der Waals surface area contributed by atoms with E-state index in [4.69, 9.17) is 4.74 Å². The first-order valence-electron chi connectivity index (χ1n) is 7.01. The molecule has 0 radical (unpaired) electrons. The van der Waals surface area contributed by atoms with Crippen LogP contribution in [0.2, 0.25) is 0 Å². The highest BCUT2D eigenvalue weighted by Gasteiger charge is 2.11. The van der Waals surface area contributed by atoms with Crippen LogP contribution in [0, 0.1) is 6.92 Å². The number of hydrogen-bond donors (Lipinski definition) is 1. The van der Waals surface area contributed by atoms with Crippen molar-refractivity contribution in [2.24, 2.45) is 0 Å². The van der Waals surface area contributed by atoms with Gasteiger partial charge in [0.15, 0.2) is 0 Å². The van der Waals surface area contributed by atoms with Crippen LogP contribution in [-0.2, 0) is 11.3 Å². The van der Waals surface area contributed by atoms with Crippen molar-refractivity contribution in [1.82, 2.24) is 10.3 Å². The number of anilines is 1. The zero-order valence-electron chi connectivity index (χ0n) is 12.9. The Balaban J connectivity index is 2.90. The van der Waals surface area contributed by atoms with Gasteiger partial charge in [0, 0.05) is 55.9 Å². The average Bonchev–Trinajstić information content (AvgIpc) is 2.38. The van der Waals surface area contributed by atoms with Crippen molar-refractivity contribution in [3.8, 4) is 0 Å². The lowest BCUT2D eigenvalue weighted by Crippen LogP contribution is -2.30. The molecule has 1 heterocycles. The molecule has 0 saturated carbocycles. The molecule has 0 unspecified atom stereocenters. The molecule has 0 spiro atoms. The molecule has 1 aromatic rings. The second-order valence-corrected chi connectivity index (χ2v) is 5.06. The molecule has 0 saturated heterocycles. The fourth-order valence-electron chi connectivity index (χ4n) is 1.97. The summed E-state index contributed by atoms with van der Waals surface area (Å²) in [6, 6.07) is 2.64. The second-order valence-electron chi connectivity index (χ2n) is 5.06. The molecule has 0 aliphatic rings. The van der Waals surface area contributed by atoms with Gasteiger partial charge in [0.25, 0.3) is 0 Å². The van der Waals surface area contributed by atoms with Crippen LogP contribution in [0.4, 0.5) is 5.69 Å². The van der Waals surface area contributed by atoms with E-state index in [1.807, 2.05) is 13.1 Å². The molecule has 0 aliphatic carbocycles. The molecule has 0 aliphatic heterocycles. The number of pyridine rings is 1. The monoisotopic (exact) mass is 265 g/mol. The molecule has 1 aromatic heterocycles. The topological polar surface area (TPSA) is 37.4 Å². The molecule has 0 atom stereocenters. The van der Waals surface area contributed by atoms with Gasteiger partial charge in [-0.2, -0.15) is 0 Å². The Bertz CT molecular complexity index is 380. The predicted molar refractivity (Wildman–Crippen MR) is 80.7 cm³/mol. The maximum Gasteiger partial charge on any atom is 0.0637 e. The smallest absolute Gasteiger partial charge is 0.0637 e. The number of nitrogens with one attached hydrogen (secondary N) is 1. The Kier molecular flexibility index (Phi) is 6.81. The van der Waals surface area contributed by atoms with E-state index in [0.717, 1.165) is 31.9 Å². The second kappa shape index (κ2) is 8.12. The maximum absolute atomic E-state index is 5.19. The quantitative estimate of drug-likeness (QED) is 0.783. The molecule has 1 N–H and O–H groups in total. The Morgan fingerprint density at radius 3 is 2.74 bits per heavy atom. The first-order valence-corrected chi connectivity index (χ1v) is 7.01. The van der Waals surface area contributed by atoms with E-state index >= 15 is 0 Å². The SMILES string of the molecule is CCN(CCOC)c1cc(C)ncc1CNC(C)C. The molecule has 0 fully saturated rings. The lowest BCUT2D eigenvalue weighted by Gasteiger charge is -2.26. The highest BCUT2D eigenvalue weighted by atomic mass is 16.5. The minimum Gasteiger partial charge on any atom is -0.383 e. The third-order valence-corrected chi connectivity index (χ3v) is 3.09. The van der Waals surface area contributed by atoms with Gasteiger partial charge in [-0.15, -0.1) is 0 Å². The maximum atomic E-state index is 5.19. The molecule has 108 valence electrons. The highest BCUT2D eigenvalue weighted by molar-refractivity contribution is 5.53. The summed E-state index contributed by atoms with van der Waals surface area (Å²) in [6.45, 7) is 12.0. The van der Waals surface area contributed by atoms with Crippen LogP contribution >= 0.6 is 0 Å². The van der Waals surface area contributed by atoms with Crippen LogP contribution in [0.3, 0.4) is 0 Å². The van der Waals surface area contributed by atoms with Crippen LogP contribution in [-0.4, -0.2) is 37.8 Å². The largest absolute Gasteiger partial charge is 0.383 e. The first kappa shape index (κ1) is 15.9. The van der Waals surface area contributed by atoms with Gasteiger partial charge in [0.05, 0.1) is 6.61 Å². The normalized spacial score (nSPS) is 11.1. The zero-order valence-corrected chi connectivity index (χ0v) is 12.9. The van der Waals surface area contributed by atoms with Crippen molar-refractivity contribution in [2.75, 3.05) is 31.7 Å².